The van der Waals surface area contributed by atoms with E-state index in [9.17, 15) is 9.59 Å². The zero-order valence-electron chi connectivity index (χ0n) is 15.7. The Bertz CT molecular complexity index is 874. The van der Waals surface area contributed by atoms with Crippen LogP contribution in [0.25, 0.3) is 0 Å². The van der Waals surface area contributed by atoms with Gasteiger partial charge in [0.15, 0.2) is 5.15 Å². The van der Waals surface area contributed by atoms with Crippen molar-refractivity contribution in [3.8, 4) is 0 Å². The minimum atomic E-state index is -0.0747. The second kappa shape index (κ2) is 7.50. The maximum absolute atomic E-state index is 12.6. The van der Waals surface area contributed by atoms with Crippen molar-refractivity contribution in [1.29, 1.82) is 0 Å². The molecule has 1 atom stereocenters. The maximum Gasteiger partial charge on any atom is 0.274 e. The number of amides is 2. The van der Waals surface area contributed by atoms with Crippen molar-refractivity contribution in [2.45, 2.75) is 45.1 Å². The Kier molecular flexibility index (Phi) is 5.05. The predicted octanol–water partition coefficient (Wildman–Crippen LogP) is 2.17. The summed E-state index contributed by atoms with van der Waals surface area (Å²) in [6.45, 7) is 3.20. The molecule has 1 aliphatic carbocycles. The van der Waals surface area contributed by atoms with E-state index in [4.69, 9.17) is 16.1 Å². The van der Waals surface area contributed by atoms with Crippen LogP contribution in [0.3, 0.4) is 0 Å². The summed E-state index contributed by atoms with van der Waals surface area (Å²) < 4.78 is 5.01. The highest BCUT2D eigenvalue weighted by molar-refractivity contribution is 6.29. The van der Waals surface area contributed by atoms with Gasteiger partial charge in [0.2, 0.25) is 5.91 Å². The second-order valence-corrected chi connectivity index (χ2v) is 8.03. The molecule has 1 saturated heterocycles. The van der Waals surface area contributed by atoms with E-state index >= 15 is 0 Å². The number of hydrogen-bond donors (Lipinski definition) is 1. The summed E-state index contributed by atoms with van der Waals surface area (Å²) in [6.07, 6.45) is 6.71. The molecule has 28 heavy (non-hydrogen) atoms. The number of aryl methyl sites for hydroxylation is 2. The first kappa shape index (κ1) is 18.9. The van der Waals surface area contributed by atoms with E-state index in [1.807, 2.05) is 11.8 Å². The minimum Gasteiger partial charge on any atom is -0.360 e. The van der Waals surface area contributed by atoms with E-state index in [1.165, 1.54) is 6.20 Å². The summed E-state index contributed by atoms with van der Waals surface area (Å²) in [4.78, 5) is 34.9. The molecule has 0 radical (unpaired) electrons. The van der Waals surface area contributed by atoms with Crippen LogP contribution in [0.1, 0.15) is 47.6 Å². The van der Waals surface area contributed by atoms with Gasteiger partial charge in [0, 0.05) is 44.2 Å². The number of rotatable bonds is 5. The third-order valence-corrected chi connectivity index (χ3v) is 5.88. The van der Waals surface area contributed by atoms with Crippen LogP contribution in [-0.4, -0.2) is 51.0 Å². The Morgan fingerprint density at radius 1 is 1.32 bits per heavy atom. The summed E-state index contributed by atoms with van der Waals surface area (Å²) in [7, 11) is 0. The maximum atomic E-state index is 12.6. The number of carbonyl (C=O) groups excluding carboxylic acids is 2. The van der Waals surface area contributed by atoms with Crippen LogP contribution in [0.4, 0.5) is 0 Å². The molecule has 1 unspecified atom stereocenters. The monoisotopic (exact) mass is 403 g/mol. The van der Waals surface area contributed by atoms with Gasteiger partial charge in [-0.3, -0.25) is 14.6 Å². The van der Waals surface area contributed by atoms with Crippen LogP contribution in [0.5, 0.6) is 0 Å². The van der Waals surface area contributed by atoms with Crippen LogP contribution >= 0.6 is 11.6 Å². The molecule has 3 heterocycles. The molecule has 2 aromatic heterocycles. The molecule has 1 N–H and O–H groups in total. The van der Waals surface area contributed by atoms with Gasteiger partial charge in [0.25, 0.3) is 5.91 Å². The molecule has 1 aliphatic heterocycles. The number of piperidine rings is 1. The molecule has 9 heteroatoms. The molecule has 2 amide bonds. The SMILES string of the molecule is Cc1cnc(C(=O)N2CCC3(CC2)CC3NC(=O)CCc2cc(Cl)no2)cn1. The van der Waals surface area contributed by atoms with Crippen LogP contribution in [0.2, 0.25) is 5.15 Å². The fourth-order valence-corrected chi connectivity index (χ4v) is 3.99. The Morgan fingerprint density at radius 3 is 2.75 bits per heavy atom. The average Bonchev–Trinajstić information content (AvgIpc) is 3.15. The number of hydrogen-bond acceptors (Lipinski definition) is 6. The molecular formula is C19H22ClN5O3. The Balaban J connectivity index is 1.23. The standard InChI is InChI=1S/C19H22ClN5O3/c1-12-10-22-14(11-21-12)18(27)25-6-4-19(5-7-25)9-15(19)23-17(26)3-2-13-8-16(20)24-28-13/h8,10-11,15H,2-7,9H2,1H3,(H,23,26). The smallest absolute Gasteiger partial charge is 0.274 e. The number of likely N-dealkylation sites (tertiary alicyclic amines) is 1. The van der Waals surface area contributed by atoms with E-state index < -0.39 is 0 Å². The van der Waals surface area contributed by atoms with Crippen molar-refractivity contribution >= 4 is 23.4 Å². The molecule has 8 nitrogen and oxygen atoms in total. The molecule has 1 spiro atoms. The second-order valence-electron chi connectivity index (χ2n) is 7.64. The molecule has 0 aromatic carbocycles. The van der Waals surface area contributed by atoms with Crippen LogP contribution in [0, 0.1) is 12.3 Å². The zero-order chi connectivity index (χ0) is 19.7. The van der Waals surface area contributed by atoms with Gasteiger partial charge in [-0.25, -0.2) is 4.98 Å². The first-order valence-corrected chi connectivity index (χ1v) is 9.81. The van der Waals surface area contributed by atoms with Gasteiger partial charge in [-0.05, 0) is 31.6 Å². The van der Waals surface area contributed by atoms with Crippen LogP contribution < -0.4 is 5.32 Å². The van der Waals surface area contributed by atoms with E-state index in [0.717, 1.165) is 25.0 Å². The summed E-state index contributed by atoms with van der Waals surface area (Å²) in [5, 5.41) is 7.02. The lowest BCUT2D eigenvalue weighted by molar-refractivity contribution is -0.121. The van der Waals surface area contributed by atoms with E-state index in [0.29, 0.717) is 42.5 Å². The Hall–Kier alpha value is -2.48. The summed E-state index contributed by atoms with van der Waals surface area (Å²) in [5.74, 6) is 0.536. The van der Waals surface area contributed by atoms with Crippen molar-refractivity contribution in [3.05, 3.63) is 40.8 Å². The van der Waals surface area contributed by atoms with Gasteiger partial charge in [0.1, 0.15) is 11.5 Å². The minimum absolute atomic E-state index is 0.00262. The van der Waals surface area contributed by atoms with Crippen molar-refractivity contribution in [2.75, 3.05) is 13.1 Å². The lowest BCUT2D eigenvalue weighted by Crippen LogP contribution is -2.42. The van der Waals surface area contributed by atoms with Crippen molar-refractivity contribution < 1.29 is 14.1 Å². The number of halogens is 1. The van der Waals surface area contributed by atoms with Gasteiger partial charge in [0.05, 0.1) is 11.9 Å². The van der Waals surface area contributed by atoms with Gasteiger partial charge in [-0.2, -0.15) is 0 Å². The normalized spacial score (nSPS) is 20.2. The quantitative estimate of drug-likeness (QED) is 0.820. The molecule has 0 bridgehead atoms. The molecule has 2 fully saturated rings. The van der Waals surface area contributed by atoms with E-state index in [-0.39, 0.29) is 23.3 Å². The van der Waals surface area contributed by atoms with E-state index in [2.05, 4.69) is 20.4 Å². The fourth-order valence-electron chi connectivity index (χ4n) is 3.83. The third-order valence-electron chi connectivity index (χ3n) is 5.70. The number of carbonyl (C=O) groups is 2. The molecule has 2 aromatic rings. The third kappa shape index (κ3) is 4.01. The van der Waals surface area contributed by atoms with E-state index in [1.54, 1.807) is 12.3 Å². The summed E-state index contributed by atoms with van der Waals surface area (Å²) in [6, 6.07) is 1.81. The molecule has 148 valence electrons. The molecule has 4 rings (SSSR count). The van der Waals surface area contributed by atoms with Gasteiger partial charge in [-0.15, -0.1) is 0 Å². The number of nitrogens with one attached hydrogen (secondary N) is 1. The fraction of sp³-hybridized carbons (Fsp3) is 0.526. The first-order valence-electron chi connectivity index (χ1n) is 9.44. The van der Waals surface area contributed by atoms with Crippen LogP contribution in [-0.2, 0) is 11.2 Å². The van der Waals surface area contributed by atoms with Crippen molar-refractivity contribution in [1.82, 2.24) is 25.3 Å². The highest BCUT2D eigenvalue weighted by atomic mass is 35.5. The average molecular weight is 404 g/mol. The Morgan fingerprint density at radius 2 is 2.11 bits per heavy atom. The van der Waals surface area contributed by atoms with Gasteiger partial charge >= 0.3 is 0 Å². The largest absolute Gasteiger partial charge is 0.360 e. The first-order chi connectivity index (χ1) is 13.4. The number of aromatic nitrogens is 3. The highest BCUT2D eigenvalue weighted by Gasteiger charge is 2.55. The van der Waals surface area contributed by atoms with Crippen LogP contribution in [0.15, 0.2) is 23.0 Å². The molecular weight excluding hydrogens is 382 g/mol. The lowest BCUT2D eigenvalue weighted by atomic mass is 9.92. The molecule has 1 saturated carbocycles. The zero-order valence-corrected chi connectivity index (χ0v) is 16.4. The summed E-state index contributed by atoms with van der Waals surface area (Å²) in [5.41, 5.74) is 1.30. The van der Waals surface area contributed by atoms with Crippen molar-refractivity contribution in [3.63, 3.8) is 0 Å². The highest BCUT2D eigenvalue weighted by Crippen LogP contribution is 2.54. The number of nitrogens with zero attached hydrogens (tertiary/aromatic N) is 4. The molecule has 2 aliphatic rings. The topological polar surface area (TPSA) is 101 Å². The summed E-state index contributed by atoms with van der Waals surface area (Å²) >= 11 is 5.71. The Labute approximate surface area is 167 Å². The van der Waals surface area contributed by atoms with Gasteiger partial charge in [-0.1, -0.05) is 16.8 Å². The van der Waals surface area contributed by atoms with Crippen molar-refractivity contribution in [2.24, 2.45) is 5.41 Å². The predicted molar refractivity (Wildman–Crippen MR) is 101 cm³/mol. The van der Waals surface area contributed by atoms with Gasteiger partial charge < -0.3 is 14.7 Å². The lowest BCUT2D eigenvalue weighted by Gasteiger charge is -2.32.